The van der Waals surface area contributed by atoms with Gasteiger partial charge < -0.3 is 9.84 Å². The fourth-order valence-electron chi connectivity index (χ4n) is 2.28. The largest absolute Gasteiger partial charge is 0.506 e. The molecule has 7 heteroatoms. The van der Waals surface area contributed by atoms with E-state index in [0.29, 0.717) is 20.3 Å². The van der Waals surface area contributed by atoms with Gasteiger partial charge in [-0.3, -0.25) is 4.79 Å². The second-order valence-corrected chi connectivity index (χ2v) is 7.13. The third-order valence-corrected chi connectivity index (χ3v) is 4.74. The highest BCUT2D eigenvalue weighted by molar-refractivity contribution is 9.11. The van der Waals surface area contributed by atoms with Crippen LogP contribution in [0.25, 0.3) is 10.8 Å². The van der Waals surface area contributed by atoms with Gasteiger partial charge in [0.1, 0.15) is 11.5 Å². The summed E-state index contributed by atoms with van der Waals surface area (Å²) in [5.74, 6) is 0.357. The number of phenolic OH excluding ortho intramolecular Hbond substituents is 1. The Kier molecular flexibility index (Phi) is 5.90. The van der Waals surface area contributed by atoms with Crippen LogP contribution in [0.5, 0.6) is 11.5 Å². The summed E-state index contributed by atoms with van der Waals surface area (Å²) in [5, 5.41) is 15.7. The lowest BCUT2D eigenvalue weighted by Crippen LogP contribution is -2.24. The lowest BCUT2D eigenvalue weighted by molar-refractivity contribution is -0.123. The highest BCUT2D eigenvalue weighted by atomic mass is 79.9. The number of aromatic hydroxyl groups is 1. The maximum absolute atomic E-state index is 11.8. The molecule has 0 aliphatic heterocycles. The first-order valence-corrected chi connectivity index (χ1v) is 9.23. The molecular weight excluding hydrogens is 464 g/mol. The summed E-state index contributed by atoms with van der Waals surface area (Å²) in [7, 11) is 0. The van der Waals surface area contributed by atoms with Crippen LogP contribution in [-0.2, 0) is 4.79 Å². The molecule has 0 atom stereocenters. The van der Waals surface area contributed by atoms with E-state index in [1.165, 1.54) is 6.21 Å². The van der Waals surface area contributed by atoms with Gasteiger partial charge in [-0.1, -0.05) is 30.3 Å². The van der Waals surface area contributed by atoms with E-state index in [1.54, 1.807) is 12.1 Å². The first kappa shape index (κ1) is 18.4. The molecule has 0 radical (unpaired) electrons. The molecular formula is C19H14Br2N2O3. The van der Waals surface area contributed by atoms with E-state index in [2.05, 4.69) is 42.4 Å². The van der Waals surface area contributed by atoms with E-state index in [1.807, 2.05) is 42.5 Å². The molecule has 0 bridgehead atoms. The fourth-order valence-corrected chi connectivity index (χ4v) is 3.50. The molecule has 1 amide bonds. The maximum atomic E-state index is 11.8. The number of carbonyl (C=O) groups is 1. The van der Waals surface area contributed by atoms with Gasteiger partial charge in [0.05, 0.1) is 15.2 Å². The molecule has 0 saturated heterocycles. The number of hydrogen-bond acceptors (Lipinski definition) is 4. The molecule has 132 valence electrons. The van der Waals surface area contributed by atoms with Crippen molar-refractivity contribution in [2.45, 2.75) is 0 Å². The Bertz CT molecular complexity index is 966. The monoisotopic (exact) mass is 476 g/mol. The molecule has 0 heterocycles. The summed E-state index contributed by atoms with van der Waals surface area (Å²) in [6.45, 7) is -0.140. The zero-order valence-electron chi connectivity index (χ0n) is 13.4. The zero-order chi connectivity index (χ0) is 18.5. The first-order chi connectivity index (χ1) is 12.5. The van der Waals surface area contributed by atoms with Crippen LogP contribution < -0.4 is 10.2 Å². The van der Waals surface area contributed by atoms with Crippen LogP contribution in [0.4, 0.5) is 0 Å². The zero-order valence-corrected chi connectivity index (χ0v) is 16.6. The SMILES string of the molecule is O=C(COc1ccc2ccccc2c1)NN=Cc1cc(Br)c(O)c(Br)c1. The molecule has 0 saturated carbocycles. The summed E-state index contributed by atoms with van der Waals surface area (Å²) in [6, 6.07) is 16.9. The maximum Gasteiger partial charge on any atom is 0.277 e. The number of fused-ring (bicyclic) bond motifs is 1. The highest BCUT2D eigenvalue weighted by Gasteiger charge is 2.05. The normalized spacial score (nSPS) is 11.0. The number of nitrogens with zero attached hydrogens (tertiary/aromatic N) is 1. The summed E-state index contributed by atoms with van der Waals surface area (Å²) in [5.41, 5.74) is 3.11. The van der Waals surface area contributed by atoms with Gasteiger partial charge in [-0.2, -0.15) is 5.10 Å². The van der Waals surface area contributed by atoms with Crippen molar-refractivity contribution in [1.29, 1.82) is 0 Å². The van der Waals surface area contributed by atoms with Crippen molar-refractivity contribution in [2.75, 3.05) is 6.61 Å². The molecule has 2 N–H and O–H groups in total. The summed E-state index contributed by atoms with van der Waals surface area (Å²) in [4.78, 5) is 11.8. The average Bonchev–Trinajstić information content (AvgIpc) is 2.64. The second-order valence-electron chi connectivity index (χ2n) is 5.42. The van der Waals surface area contributed by atoms with E-state index < -0.39 is 0 Å². The van der Waals surface area contributed by atoms with Crippen LogP contribution in [0.15, 0.2) is 68.6 Å². The van der Waals surface area contributed by atoms with Crippen LogP contribution in [0.3, 0.4) is 0 Å². The molecule has 0 spiro atoms. The summed E-state index contributed by atoms with van der Waals surface area (Å²) < 4.78 is 6.55. The van der Waals surface area contributed by atoms with Gasteiger partial charge in [0, 0.05) is 0 Å². The third kappa shape index (κ3) is 4.62. The van der Waals surface area contributed by atoms with Gasteiger partial charge in [-0.15, -0.1) is 0 Å². The fraction of sp³-hybridized carbons (Fsp3) is 0.0526. The third-order valence-electron chi connectivity index (χ3n) is 3.53. The Balaban J connectivity index is 1.55. The lowest BCUT2D eigenvalue weighted by atomic mass is 10.1. The highest BCUT2D eigenvalue weighted by Crippen LogP contribution is 2.32. The number of hydrogen-bond donors (Lipinski definition) is 2. The van der Waals surface area contributed by atoms with E-state index in [0.717, 1.165) is 10.8 Å². The smallest absolute Gasteiger partial charge is 0.277 e. The van der Waals surface area contributed by atoms with Crippen LogP contribution in [-0.4, -0.2) is 23.8 Å². The van der Waals surface area contributed by atoms with E-state index in [4.69, 9.17) is 4.74 Å². The number of rotatable bonds is 5. The number of phenols is 1. The van der Waals surface area contributed by atoms with Crippen LogP contribution in [0, 0.1) is 0 Å². The first-order valence-electron chi connectivity index (χ1n) is 7.64. The number of benzene rings is 3. The molecule has 0 unspecified atom stereocenters. The Hall–Kier alpha value is -2.38. The number of halogens is 2. The Morgan fingerprint density at radius 1 is 1.08 bits per heavy atom. The minimum Gasteiger partial charge on any atom is -0.506 e. The molecule has 0 aliphatic rings. The molecule has 26 heavy (non-hydrogen) atoms. The number of nitrogens with one attached hydrogen (secondary N) is 1. The Labute approximate surface area is 166 Å². The topological polar surface area (TPSA) is 70.9 Å². The average molecular weight is 478 g/mol. The van der Waals surface area contributed by atoms with Gasteiger partial charge in [0.25, 0.3) is 5.91 Å². The number of ether oxygens (including phenoxy) is 1. The van der Waals surface area contributed by atoms with Gasteiger partial charge in [0.2, 0.25) is 0 Å². The van der Waals surface area contributed by atoms with Crippen molar-refractivity contribution in [1.82, 2.24) is 5.43 Å². The van der Waals surface area contributed by atoms with Crippen LogP contribution in [0.1, 0.15) is 5.56 Å². The molecule has 3 rings (SSSR count). The lowest BCUT2D eigenvalue weighted by Gasteiger charge is -2.06. The summed E-state index contributed by atoms with van der Waals surface area (Å²) >= 11 is 6.47. The number of carbonyl (C=O) groups excluding carboxylic acids is 1. The summed E-state index contributed by atoms with van der Waals surface area (Å²) in [6.07, 6.45) is 1.48. The molecule has 0 aliphatic carbocycles. The van der Waals surface area contributed by atoms with Gasteiger partial charge in [0.15, 0.2) is 6.61 Å². The van der Waals surface area contributed by atoms with E-state index in [9.17, 15) is 9.90 Å². The molecule has 0 fully saturated rings. The van der Waals surface area contributed by atoms with Crippen molar-refractivity contribution in [2.24, 2.45) is 5.10 Å². The van der Waals surface area contributed by atoms with Gasteiger partial charge in [-0.05, 0) is 72.5 Å². The number of amides is 1. The van der Waals surface area contributed by atoms with E-state index in [-0.39, 0.29) is 18.3 Å². The van der Waals surface area contributed by atoms with Crippen molar-refractivity contribution in [3.63, 3.8) is 0 Å². The van der Waals surface area contributed by atoms with Crippen molar-refractivity contribution >= 4 is 54.8 Å². The van der Waals surface area contributed by atoms with Crippen LogP contribution >= 0.6 is 31.9 Å². The predicted octanol–water partition coefficient (Wildman–Crippen LogP) is 4.60. The standard InChI is InChI=1S/C19H14Br2N2O3/c20-16-7-12(8-17(21)19(16)25)10-22-23-18(24)11-26-15-6-5-13-3-1-2-4-14(13)9-15/h1-10,25H,11H2,(H,23,24). The second kappa shape index (κ2) is 8.33. The van der Waals surface area contributed by atoms with Gasteiger partial charge in [-0.25, -0.2) is 5.43 Å². The Morgan fingerprint density at radius 2 is 1.77 bits per heavy atom. The number of hydrazone groups is 1. The van der Waals surface area contributed by atoms with Crippen molar-refractivity contribution in [3.05, 3.63) is 69.1 Å². The van der Waals surface area contributed by atoms with Crippen molar-refractivity contribution < 1.29 is 14.6 Å². The molecule has 3 aromatic carbocycles. The minimum atomic E-state index is -0.369. The van der Waals surface area contributed by atoms with Crippen LogP contribution in [0.2, 0.25) is 0 Å². The quantitative estimate of drug-likeness (QED) is 0.416. The van der Waals surface area contributed by atoms with Gasteiger partial charge >= 0.3 is 0 Å². The molecule has 3 aromatic rings. The minimum absolute atomic E-state index is 0.106. The van der Waals surface area contributed by atoms with Crippen molar-refractivity contribution in [3.8, 4) is 11.5 Å². The molecule has 0 aromatic heterocycles. The van der Waals surface area contributed by atoms with E-state index >= 15 is 0 Å². The Morgan fingerprint density at radius 3 is 2.50 bits per heavy atom. The predicted molar refractivity (Wildman–Crippen MR) is 109 cm³/mol. The molecule has 5 nitrogen and oxygen atoms in total.